The molecule has 1 aliphatic rings. The summed E-state index contributed by atoms with van der Waals surface area (Å²) in [5.74, 6) is -0.476. The molecule has 0 spiro atoms. The minimum absolute atomic E-state index is 0.0704. The Morgan fingerprint density at radius 1 is 1.21 bits per heavy atom. The zero-order valence-electron chi connectivity index (χ0n) is 13.7. The summed E-state index contributed by atoms with van der Waals surface area (Å²) in [5, 5.41) is 26.3. The number of nitrogens with one attached hydrogen (secondary N) is 3. The second-order valence-corrected chi connectivity index (χ2v) is 5.84. The lowest BCUT2D eigenvalue weighted by atomic mass is 10.1. The van der Waals surface area contributed by atoms with Gasteiger partial charge in [0.1, 0.15) is 11.1 Å². The van der Waals surface area contributed by atoms with Gasteiger partial charge >= 0.3 is 6.18 Å². The molecule has 0 saturated heterocycles. The average Bonchev–Trinajstić information content (AvgIpc) is 3.22. The molecule has 1 amide bonds. The maximum absolute atomic E-state index is 13.1. The van der Waals surface area contributed by atoms with Crippen molar-refractivity contribution in [2.24, 2.45) is 0 Å². The maximum Gasteiger partial charge on any atom is 0.423 e. The normalized spacial score (nSPS) is 15.0. The SMILES string of the molecule is O=C1Nc2ccc3[nH]nnc3c2C1=CNc1ccc([N+](=O)[O-])c(C(F)(F)F)c1. The molecule has 2 heterocycles. The highest BCUT2D eigenvalue weighted by atomic mass is 19.4. The molecule has 0 unspecified atom stereocenters. The van der Waals surface area contributed by atoms with Crippen LogP contribution in [0.3, 0.4) is 0 Å². The predicted octanol–water partition coefficient (Wildman–Crippen LogP) is 3.29. The number of amides is 1. The number of halogens is 3. The van der Waals surface area contributed by atoms with E-state index in [0.717, 1.165) is 12.1 Å². The lowest BCUT2D eigenvalue weighted by Crippen LogP contribution is -2.10. The Labute approximate surface area is 153 Å². The van der Waals surface area contributed by atoms with Crippen LogP contribution in [-0.2, 0) is 11.0 Å². The number of hydrogen-bond acceptors (Lipinski definition) is 6. The summed E-state index contributed by atoms with van der Waals surface area (Å²) in [4.78, 5) is 22.0. The molecule has 3 aromatic rings. The zero-order valence-corrected chi connectivity index (χ0v) is 13.7. The van der Waals surface area contributed by atoms with Crippen molar-refractivity contribution in [3.05, 3.63) is 57.8 Å². The van der Waals surface area contributed by atoms with E-state index >= 15 is 0 Å². The van der Waals surface area contributed by atoms with Crippen LogP contribution in [0.15, 0.2) is 36.5 Å². The molecule has 4 rings (SSSR count). The van der Waals surface area contributed by atoms with Crippen LogP contribution in [0.1, 0.15) is 11.1 Å². The molecule has 12 heteroatoms. The van der Waals surface area contributed by atoms with Gasteiger partial charge in [0, 0.05) is 23.5 Å². The molecule has 28 heavy (non-hydrogen) atoms. The van der Waals surface area contributed by atoms with Crippen molar-refractivity contribution in [2.45, 2.75) is 6.18 Å². The fraction of sp³-hybridized carbons (Fsp3) is 0.0625. The number of aromatic nitrogens is 3. The Hall–Kier alpha value is -3.96. The van der Waals surface area contributed by atoms with Crippen molar-refractivity contribution in [3.63, 3.8) is 0 Å². The number of anilines is 2. The van der Waals surface area contributed by atoms with Crippen molar-refractivity contribution in [1.29, 1.82) is 0 Å². The summed E-state index contributed by atoms with van der Waals surface area (Å²) in [6, 6.07) is 5.80. The zero-order chi connectivity index (χ0) is 20.1. The molecule has 1 aromatic heterocycles. The topological polar surface area (TPSA) is 126 Å². The number of aromatic amines is 1. The number of carbonyl (C=O) groups is 1. The Bertz CT molecular complexity index is 1170. The minimum Gasteiger partial charge on any atom is -0.361 e. The average molecular weight is 390 g/mol. The number of carbonyl (C=O) groups excluding carboxylic acids is 1. The van der Waals surface area contributed by atoms with Gasteiger partial charge < -0.3 is 10.6 Å². The van der Waals surface area contributed by atoms with Crippen LogP contribution in [0.4, 0.5) is 30.2 Å². The molecular weight excluding hydrogens is 381 g/mol. The molecular formula is C16H9F3N6O3. The number of nitrogens with zero attached hydrogens (tertiary/aromatic N) is 3. The van der Waals surface area contributed by atoms with Crippen LogP contribution in [-0.4, -0.2) is 26.2 Å². The second kappa shape index (κ2) is 6.04. The molecule has 0 saturated carbocycles. The summed E-state index contributed by atoms with van der Waals surface area (Å²) >= 11 is 0. The van der Waals surface area contributed by atoms with Gasteiger partial charge in [0.15, 0.2) is 0 Å². The van der Waals surface area contributed by atoms with E-state index in [1.54, 1.807) is 12.1 Å². The fourth-order valence-electron chi connectivity index (χ4n) is 2.90. The van der Waals surface area contributed by atoms with E-state index in [0.29, 0.717) is 28.4 Å². The molecule has 0 fully saturated rings. The van der Waals surface area contributed by atoms with E-state index in [2.05, 4.69) is 26.0 Å². The first-order valence-electron chi connectivity index (χ1n) is 7.73. The highest BCUT2D eigenvalue weighted by molar-refractivity contribution is 6.34. The number of H-pyrrole nitrogens is 1. The van der Waals surface area contributed by atoms with E-state index in [1.165, 1.54) is 6.20 Å². The van der Waals surface area contributed by atoms with Crippen LogP contribution in [0.25, 0.3) is 16.6 Å². The summed E-state index contributed by atoms with van der Waals surface area (Å²) in [5.41, 5.74) is -0.448. The highest BCUT2D eigenvalue weighted by Crippen LogP contribution is 2.39. The van der Waals surface area contributed by atoms with Crippen LogP contribution in [0, 0.1) is 10.1 Å². The summed E-state index contributed by atoms with van der Waals surface area (Å²) in [7, 11) is 0. The lowest BCUT2D eigenvalue weighted by molar-refractivity contribution is -0.388. The number of benzene rings is 2. The predicted molar refractivity (Wildman–Crippen MR) is 92.2 cm³/mol. The van der Waals surface area contributed by atoms with Crippen molar-refractivity contribution in [2.75, 3.05) is 10.6 Å². The van der Waals surface area contributed by atoms with E-state index in [4.69, 9.17) is 0 Å². The third-order valence-corrected chi connectivity index (χ3v) is 4.14. The molecule has 9 nitrogen and oxygen atoms in total. The Balaban J connectivity index is 1.74. The quantitative estimate of drug-likeness (QED) is 0.358. The van der Waals surface area contributed by atoms with Gasteiger partial charge in [0.05, 0.1) is 21.7 Å². The van der Waals surface area contributed by atoms with Gasteiger partial charge in [-0.1, -0.05) is 5.21 Å². The van der Waals surface area contributed by atoms with Crippen LogP contribution in [0.5, 0.6) is 0 Å². The van der Waals surface area contributed by atoms with E-state index < -0.39 is 28.3 Å². The molecule has 0 bridgehead atoms. The van der Waals surface area contributed by atoms with Gasteiger partial charge in [-0.2, -0.15) is 13.2 Å². The maximum atomic E-state index is 13.1. The number of rotatable bonds is 3. The van der Waals surface area contributed by atoms with Crippen LogP contribution >= 0.6 is 0 Å². The van der Waals surface area contributed by atoms with Crippen molar-refractivity contribution >= 4 is 39.6 Å². The molecule has 0 aliphatic carbocycles. The Morgan fingerprint density at radius 3 is 2.71 bits per heavy atom. The minimum atomic E-state index is -4.91. The molecule has 1 aliphatic heterocycles. The standard InChI is InChI=1S/C16H9F3N6O3/c17-16(18,19)9-5-7(1-4-12(9)25(27)28)20-6-8-13-10(21-15(8)26)2-3-11-14(13)23-24-22-11/h1-6,20H,(H,21,26)(H,22,23,24). The van der Waals surface area contributed by atoms with E-state index in [1.807, 2.05) is 0 Å². The van der Waals surface area contributed by atoms with Crippen LogP contribution in [0.2, 0.25) is 0 Å². The first-order valence-corrected chi connectivity index (χ1v) is 7.73. The molecule has 0 radical (unpaired) electrons. The van der Waals surface area contributed by atoms with Gasteiger partial charge in [-0.05, 0) is 24.3 Å². The molecule has 0 atom stereocenters. The van der Waals surface area contributed by atoms with Crippen molar-refractivity contribution < 1.29 is 22.9 Å². The van der Waals surface area contributed by atoms with Gasteiger partial charge in [-0.25, -0.2) is 0 Å². The third-order valence-electron chi connectivity index (χ3n) is 4.14. The fourth-order valence-corrected chi connectivity index (χ4v) is 2.90. The number of nitro groups is 1. The first kappa shape index (κ1) is 17.5. The number of alkyl halides is 3. The number of nitro benzene ring substituents is 1. The van der Waals surface area contributed by atoms with Gasteiger partial charge in [0.2, 0.25) is 0 Å². The van der Waals surface area contributed by atoms with Gasteiger partial charge in [-0.15, -0.1) is 5.10 Å². The Morgan fingerprint density at radius 2 is 2.00 bits per heavy atom. The summed E-state index contributed by atoms with van der Waals surface area (Å²) in [6.07, 6.45) is -3.69. The molecule has 2 aromatic carbocycles. The summed E-state index contributed by atoms with van der Waals surface area (Å²) in [6.45, 7) is 0. The van der Waals surface area contributed by atoms with Gasteiger partial charge in [0.25, 0.3) is 11.6 Å². The lowest BCUT2D eigenvalue weighted by Gasteiger charge is -2.10. The number of hydrogen-bond donors (Lipinski definition) is 3. The van der Waals surface area contributed by atoms with Crippen molar-refractivity contribution in [3.8, 4) is 0 Å². The Kier molecular flexibility index (Phi) is 3.77. The van der Waals surface area contributed by atoms with Gasteiger partial charge in [-0.3, -0.25) is 20.0 Å². The first-order chi connectivity index (χ1) is 13.3. The summed E-state index contributed by atoms with van der Waals surface area (Å²) < 4.78 is 39.3. The van der Waals surface area contributed by atoms with E-state index in [-0.39, 0.29) is 11.3 Å². The molecule has 3 N–H and O–H groups in total. The third kappa shape index (κ3) is 2.80. The number of fused-ring (bicyclic) bond motifs is 3. The van der Waals surface area contributed by atoms with Crippen molar-refractivity contribution in [1.82, 2.24) is 15.4 Å². The van der Waals surface area contributed by atoms with Crippen LogP contribution < -0.4 is 10.6 Å². The highest BCUT2D eigenvalue weighted by Gasteiger charge is 2.38. The smallest absolute Gasteiger partial charge is 0.361 e. The molecule has 142 valence electrons. The van der Waals surface area contributed by atoms with E-state index in [9.17, 15) is 28.1 Å². The largest absolute Gasteiger partial charge is 0.423 e. The second-order valence-electron chi connectivity index (χ2n) is 5.84. The monoisotopic (exact) mass is 390 g/mol.